The fraction of sp³-hybridized carbons (Fsp3) is 0.783. The molecule has 25 atom stereocenters. The molecule has 3 saturated heterocycles. The first-order valence-corrected chi connectivity index (χ1v) is 29.0. The summed E-state index contributed by atoms with van der Waals surface area (Å²) in [5, 5.41) is 112. The number of esters is 3. The first kappa shape index (κ1) is 63.0. The number of aliphatic hydroxyl groups excluding tert-OH is 10. The van der Waals surface area contributed by atoms with Gasteiger partial charge in [-0.1, -0.05) is 84.4 Å². The van der Waals surface area contributed by atoms with Crippen molar-refractivity contribution in [2.24, 2.45) is 50.2 Å². The summed E-state index contributed by atoms with van der Waals surface area (Å²) in [4.78, 5) is 41.4. The van der Waals surface area contributed by atoms with Gasteiger partial charge in [0.05, 0.1) is 50.1 Å². The van der Waals surface area contributed by atoms with Gasteiger partial charge in [-0.05, 0) is 110 Å². The van der Waals surface area contributed by atoms with Crippen LogP contribution in [0, 0.1) is 50.2 Å². The number of hydrogen-bond donors (Lipinski definition) is 10. The third kappa shape index (κ3) is 10.2. The van der Waals surface area contributed by atoms with Crippen molar-refractivity contribution in [3.05, 3.63) is 59.2 Å². The van der Waals surface area contributed by atoms with Crippen LogP contribution in [0.25, 0.3) is 0 Å². The van der Waals surface area contributed by atoms with Crippen LogP contribution in [-0.4, -0.2) is 206 Å². The number of methoxy groups -OCH3 is 1. The second-order valence-electron chi connectivity index (χ2n) is 26.6. The Morgan fingerprint density at radius 1 is 0.720 bits per heavy atom. The van der Waals surface area contributed by atoms with Crippen molar-refractivity contribution in [2.45, 2.75) is 218 Å². The Morgan fingerprint density at radius 2 is 1.39 bits per heavy atom. The molecule has 22 heteroatoms. The number of carbonyl (C=O) groups excluding carboxylic acids is 3. The molecule has 1 aromatic rings. The number of aliphatic hydroxyl groups is 10. The van der Waals surface area contributed by atoms with E-state index in [2.05, 4.69) is 40.7 Å². The van der Waals surface area contributed by atoms with Crippen LogP contribution >= 0.6 is 0 Å². The lowest BCUT2D eigenvalue weighted by Crippen LogP contribution is -2.72. The summed E-state index contributed by atoms with van der Waals surface area (Å²) in [6.07, 6.45) is -21.4. The predicted octanol–water partition coefficient (Wildman–Crippen LogP) is 1.73. The first-order valence-electron chi connectivity index (χ1n) is 29.0. The van der Waals surface area contributed by atoms with E-state index >= 15 is 0 Å². The van der Waals surface area contributed by atoms with E-state index in [9.17, 15) is 65.4 Å². The highest BCUT2D eigenvalue weighted by Gasteiger charge is 2.74. The third-order valence-corrected chi connectivity index (χ3v) is 21.7. The zero-order valence-corrected chi connectivity index (χ0v) is 48.6. The van der Waals surface area contributed by atoms with Crippen molar-refractivity contribution in [3.8, 4) is 0 Å². The summed E-state index contributed by atoms with van der Waals surface area (Å²) in [5.41, 5.74) is -2.75. The van der Waals surface area contributed by atoms with E-state index in [4.69, 9.17) is 42.6 Å². The second-order valence-corrected chi connectivity index (χ2v) is 26.6. The topological polar surface area (TPSA) is 337 Å². The van der Waals surface area contributed by atoms with Gasteiger partial charge < -0.3 is 93.7 Å². The molecule has 5 aliphatic carbocycles. The maximum atomic E-state index is 13.9. The van der Waals surface area contributed by atoms with Gasteiger partial charge in [0.25, 0.3) is 0 Å². The Kier molecular flexibility index (Phi) is 17.9. The second kappa shape index (κ2) is 23.3. The van der Waals surface area contributed by atoms with Gasteiger partial charge in [0, 0.05) is 11.0 Å². The molecule has 0 aromatic heterocycles. The van der Waals surface area contributed by atoms with Crippen LogP contribution in [-0.2, 0) is 52.2 Å². The largest absolute Gasteiger partial charge is 0.467 e. The molecular weight excluding hydrogens is 1070 g/mol. The van der Waals surface area contributed by atoms with E-state index < -0.39 is 181 Å². The molecule has 460 valence electrons. The lowest BCUT2D eigenvalue weighted by Gasteiger charge is -2.72. The Balaban J connectivity index is 1.04. The fourth-order valence-electron chi connectivity index (χ4n) is 16.6. The number of rotatable bonds is 13. The van der Waals surface area contributed by atoms with Gasteiger partial charge in [0.15, 0.2) is 31.1 Å². The quantitative estimate of drug-likeness (QED) is 0.0442. The van der Waals surface area contributed by atoms with Crippen LogP contribution in [0.4, 0.5) is 0 Å². The molecule has 22 nitrogen and oxygen atoms in total. The molecule has 8 aliphatic rings. The summed E-state index contributed by atoms with van der Waals surface area (Å²) in [5.74, 6) is -2.83. The molecule has 0 bridgehead atoms. The standard InChI is InChI=1S/C60H88O22/c1-11-28(2)49(71)82-48-47(81-50(72)29-15-13-12-14-16-29)55(3,4)23-31-30-17-18-35-57(7)21-20-37(56(5,6)34(57)19-22-58(35,8)59(30,9)24-36(64)60(31,48)27-62)77-54-46(80-53-42(69)40(67)39(66)33(25-61)76-53)44(43(70)45(79-54)51(73)74-10)78-52-41(68)38(65)32(63)26-75-52/h11-17,31-48,52-54,61-70H,18-27H2,1-10H3/b28-11-/t31-,32+,33+,34-,35+,36+,37-,38-,39-,40-,41+,42+,43-,44-,45-,46+,47-,48-,52-,53-,54+,57-,58+,59+,60-/m0/s1. The molecular formula is C60H88O22. The molecule has 0 unspecified atom stereocenters. The number of ether oxygens (including phenoxy) is 9. The highest BCUT2D eigenvalue weighted by Crippen LogP contribution is 2.76. The normalized spacial score (nSPS) is 47.0. The van der Waals surface area contributed by atoms with Gasteiger partial charge in [-0.25, -0.2) is 14.4 Å². The van der Waals surface area contributed by atoms with Gasteiger partial charge >= 0.3 is 17.9 Å². The van der Waals surface area contributed by atoms with Gasteiger partial charge in [-0.2, -0.15) is 0 Å². The highest BCUT2D eigenvalue weighted by atomic mass is 16.8. The van der Waals surface area contributed by atoms with Crippen molar-refractivity contribution >= 4 is 17.9 Å². The average Bonchev–Trinajstić information content (AvgIpc) is 0.792. The third-order valence-electron chi connectivity index (χ3n) is 21.7. The molecule has 3 heterocycles. The maximum Gasteiger partial charge on any atom is 0.338 e. The SMILES string of the molecule is C/C=C(/C)C(=O)O[C@H]1[C@H](OC(=O)c2ccccc2)C(C)(C)C[C@H]2C3=CC[C@@H]4[C@@]5(C)CC[C@H](O[C@@H]6O[C@H](C(=O)OC)[C@@H](O)[C@H](O[C@@H]7OC[C@@H](O)[C@H](O)[C@H]7O)[C@H]6O[C@@H]6O[C@H](CO)[C@H](O)[C@H](O)[C@H]6O)C(C)(C)[C@@H]5CC[C@@]4(C)[C@]3(C)C[C@@H](O)[C@]21CO. The van der Waals surface area contributed by atoms with Gasteiger partial charge in [0.2, 0.25) is 0 Å². The summed E-state index contributed by atoms with van der Waals surface area (Å²) >= 11 is 0. The minimum atomic E-state index is -1.98. The van der Waals surface area contributed by atoms with Crippen LogP contribution in [0.3, 0.4) is 0 Å². The molecule has 7 fully saturated rings. The molecule has 9 rings (SSSR count). The molecule has 0 spiro atoms. The van der Waals surface area contributed by atoms with Gasteiger partial charge in [0.1, 0.15) is 67.1 Å². The van der Waals surface area contributed by atoms with E-state index in [0.717, 1.165) is 12.7 Å². The van der Waals surface area contributed by atoms with Crippen LogP contribution in [0.2, 0.25) is 0 Å². The van der Waals surface area contributed by atoms with Crippen molar-refractivity contribution in [3.63, 3.8) is 0 Å². The first-order chi connectivity index (χ1) is 38.5. The molecule has 1 aromatic carbocycles. The highest BCUT2D eigenvalue weighted by molar-refractivity contribution is 5.90. The van der Waals surface area contributed by atoms with E-state index in [1.807, 2.05) is 13.8 Å². The maximum absolute atomic E-state index is 13.9. The Hall–Kier alpha value is -3.53. The van der Waals surface area contributed by atoms with E-state index in [0.29, 0.717) is 49.7 Å². The van der Waals surface area contributed by atoms with Gasteiger partial charge in [-0.15, -0.1) is 0 Å². The van der Waals surface area contributed by atoms with Crippen molar-refractivity contribution in [1.29, 1.82) is 0 Å². The lowest BCUT2D eigenvalue weighted by molar-refractivity contribution is -0.392. The minimum absolute atomic E-state index is 0.0318. The molecule has 3 aliphatic heterocycles. The van der Waals surface area contributed by atoms with Crippen LogP contribution in [0.1, 0.15) is 118 Å². The molecule has 0 amide bonds. The van der Waals surface area contributed by atoms with E-state index in [-0.39, 0.29) is 23.7 Å². The molecule has 4 saturated carbocycles. The zero-order chi connectivity index (χ0) is 60.0. The number of carbonyl (C=O) groups is 3. The molecule has 10 N–H and O–H groups in total. The number of hydrogen-bond acceptors (Lipinski definition) is 22. The Morgan fingerprint density at radius 3 is 2.04 bits per heavy atom. The van der Waals surface area contributed by atoms with E-state index in [1.54, 1.807) is 50.3 Å². The lowest BCUT2D eigenvalue weighted by atomic mass is 9.33. The summed E-state index contributed by atoms with van der Waals surface area (Å²) < 4.78 is 55.0. The summed E-state index contributed by atoms with van der Waals surface area (Å²) in [7, 11) is 1.08. The predicted molar refractivity (Wildman–Crippen MR) is 286 cm³/mol. The number of fused-ring (bicyclic) bond motifs is 7. The van der Waals surface area contributed by atoms with Crippen molar-refractivity contribution in [2.75, 3.05) is 26.9 Å². The van der Waals surface area contributed by atoms with Crippen LogP contribution < -0.4 is 0 Å². The van der Waals surface area contributed by atoms with Crippen molar-refractivity contribution < 1.29 is 108 Å². The van der Waals surface area contributed by atoms with E-state index in [1.165, 1.54) is 0 Å². The summed E-state index contributed by atoms with van der Waals surface area (Å²) in [6, 6.07) is 8.53. The zero-order valence-electron chi connectivity index (χ0n) is 48.6. The Bertz CT molecular complexity index is 2540. The fourth-order valence-corrected chi connectivity index (χ4v) is 16.6. The minimum Gasteiger partial charge on any atom is -0.467 e. The average molecular weight is 1160 g/mol. The van der Waals surface area contributed by atoms with Crippen LogP contribution in [0.15, 0.2) is 53.6 Å². The number of allylic oxidation sites excluding steroid dienone is 3. The van der Waals surface area contributed by atoms with Crippen molar-refractivity contribution in [1.82, 2.24) is 0 Å². The number of benzene rings is 1. The smallest absolute Gasteiger partial charge is 0.338 e. The summed E-state index contributed by atoms with van der Waals surface area (Å²) in [6.45, 7) is 16.4. The monoisotopic (exact) mass is 1160 g/mol. The molecule has 82 heavy (non-hydrogen) atoms. The van der Waals surface area contributed by atoms with Crippen LogP contribution in [0.5, 0.6) is 0 Å². The molecule has 0 radical (unpaired) electrons. The Labute approximate surface area is 478 Å². The van der Waals surface area contributed by atoms with Gasteiger partial charge in [-0.3, -0.25) is 0 Å².